The first-order valence-corrected chi connectivity index (χ1v) is 9.23. The lowest BCUT2D eigenvalue weighted by Gasteiger charge is -2.23. The maximum Gasteiger partial charge on any atom is 0.241 e. The highest BCUT2D eigenvalue weighted by Crippen LogP contribution is 2.23. The fourth-order valence-electron chi connectivity index (χ4n) is 2.67. The molecular formula is C20H21N3O2S. The molecule has 1 atom stereocenters. The minimum Gasteiger partial charge on any atom is -0.324 e. The van der Waals surface area contributed by atoms with E-state index in [1.807, 2.05) is 43.1 Å². The zero-order valence-corrected chi connectivity index (χ0v) is 15.8. The number of fused-ring (bicyclic) bond motifs is 1. The van der Waals surface area contributed by atoms with Crippen molar-refractivity contribution in [2.45, 2.75) is 26.4 Å². The topological polar surface area (TPSA) is 62.3 Å². The number of thiazole rings is 1. The Morgan fingerprint density at radius 3 is 2.58 bits per heavy atom. The molecule has 134 valence electrons. The van der Waals surface area contributed by atoms with Crippen molar-refractivity contribution in [1.82, 2.24) is 9.88 Å². The number of aromatic nitrogens is 1. The third-order valence-electron chi connectivity index (χ3n) is 4.33. The molecule has 2 aromatic carbocycles. The van der Waals surface area contributed by atoms with Crippen LogP contribution in [0, 0.1) is 0 Å². The molecule has 1 heterocycles. The van der Waals surface area contributed by atoms with Crippen molar-refractivity contribution in [2.24, 2.45) is 0 Å². The molecule has 0 fully saturated rings. The maximum atomic E-state index is 12.6. The summed E-state index contributed by atoms with van der Waals surface area (Å²) in [5.41, 5.74) is 2.04. The van der Waals surface area contributed by atoms with E-state index >= 15 is 0 Å². The SMILES string of the molecule is CC(=O)c1ccccc1NC(=O)[C@H](C)N(C)Cc1nc2ccccc2s1. The predicted molar refractivity (Wildman–Crippen MR) is 106 cm³/mol. The molecule has 3 rings (SSSR count). The predicted octanol–water partition coefficient (Wildman–Crippen LogP) is 3.96. The second kappa shape index (κ2) is 7.76. The van der Waals surface area contributed by atoms with Crippen LogP contribution in [0.4, 0.5) is 5.69 Å². The van der Waals surface area contributed by atoms with Gasteiger partial charge in [0.1, 0.15) is 5.01 Å². The molecule has 0 unspecified atom stereocenters. The Balaban J connectivity index is 1.69. The maximum absolute atomic E-state index is 12.6. The zero-order chi connectivity index (χ0) is 18.7. The number of likely N-dealkylation sites (N-methyl/N-ethyl adjacent to an activating group) is 1. The number of nitrogens with zero attached hydrogens (tertiary/aromatic N) is 2. The van der Waals surface area contributed by atoms with Gasteiger partial charge in [0.05, 0.1) is 28.5 Å². The molecule has 0 aliphatic carbocycles. The highest BCUT2D eigenvalue weighted by Gasteiger charge is 2.20. The van der Waals surface area contributed by atoms with Crippen LogP contribution in [-0.2, 0) is 11.3 Å². The smallest absolute Gasteiger partial charge is 0.241 e. The van der Waals surface area contributed by atoms with Crippen molar-refractivity contribution in [3.8, 4) is 0 Å². The van der Waals surface area contributed by atoms with Crippen LogP contribution < -0.4 is 5.32 Å². The number of hydrogen-bond donors (Lipinski definition) is 1. The quantitative estimate of drug-likeness (QED) is 0.670. The molecule has 1 N–H and O–H groups in total. The van der Waals surface area contributed by atoms with Crippen LogP contribution in [0.15, 0.2) is 48.5 Å². The Morgan fingerprint density at radius 1 is 1.15 bits per heavy atom. The number of ketones is 1. The number of rotatable bonds is 6. The minimum absolute atomic E-state index is 0.0728. The van der Waals surface area contributed by atoms with Crippen LogP contribution in [0.5, 0.6) is 0 Å². The Morgan fingerprint density at radius 2 is 1.85 bits per heavy atom. The standard InChI is InChI=1S/C20H21N3O2S/c1-13(20(25)22-16-9-5-4-8-15(16)14(2)24)23(3)12-19-21-17-10-6-7-11-18(17)26-19/h4-11,13H,12H2,1-3H3,(H,22,25)/t13-/m0/s1. The van der Waals surface area contributed by atoms with Gasteiger partial charge in [0.25, 0.3) is 0 Å². The molecule has 6 heteroatoms. The molecular weight excluding hydrogens is 346 g/mol. The van der Waals surface area contributed by atoms with Gasteiger partial charge in [-0.25, -0.2) is 4.98 Å². The molecule has 1 amide bonds. The zero-order valence-electron chi connectivity index (χ0n) is 15.0. The van der Waals surface area contributed by atoms with Gasteiger partial charge < -0.3 is 5.32 Å². The van der Waals surface area contributed by atoms with Crippen LogP contribution >= 0.6 is 11.3 Å². The normalized spacial score (nSPS) is 12.3. The molecule has 26 heavy (non-hydrogen) atoms. The molecule has 1 aromatic heterocycles. The summed E-state index contributed by atoms with van der Waals surface area (Å²) < 4.78 is 1.14. The van der Waals surface area contributed by atoms with Gasteiger partial charge in [-0.15, -0.1) is 11.3 Å². The average Bonchev–Trinajstić information content (AvgIpc) is 3.03. The third-order valence-corrected chi connectivity index (χ3v) is 5.35. The van der Waals surface area contributed by atoms with Crippen LogP contribution in [0.3, 0.4) is 0 Å². The molecule has 0 spiro atoms. The number of para-hydroxylation sites is 2. The Labute approximate surface area is 156 Å². The van der Waals surface area contributed by atoms with Gasteiger partial charge in [0, 0.05) is 5.56 Å². The third kappa shape index (κ3) is 3.98. The molecule has 0 aliphatic heterocycles. The molecule has 0 saturated heterocycles. The van der Waals surface area contributed by atoms with E-state index in [9.17, 15) is 9.59 Å². The van der Waals surface area contributed by atoms with E-state index in [1.54, 1.807) is 35.6 Å². The molecule has 0 radical (unpaired) electrons. The van der Waals surface area contributed by atoms with Crippen LogP contribution in [-0.4, -0.2) is 34.7 Å². The van der Waals surface area contributed by atoms with E-state index in [1.165, 1.54) is 6.92 Å². The largest absolute Gasteiger partial charge is 0.324 e. The summed E-state index contributed by atoms with van der Waals surface area (Å²) in [6, 6.07) is 14.7. The number of amides is 1. The van der Waals surface area contributed by atoms with Crippen LogP contribution in [0.2, 0.25) is 0 Å². The van der Waals surface area contributed by atoms with E-state index in [0.29, 0.717) is 17.8 Å². The Bertz CT molecular complexity index is 918. The van der Waals surface area contributed by atoms with Gasteiger partial charge in [0.2, 0.25) is 5.91 Å². The molecule has 5 nitrogen and oxygen atoms in total. The lowest BCUT2D eigenvalue weighted by atomic mass is 10.1. The van der Waals surface area contributed by atoms with Crippen molar-refractivity contribution in [2.75, 3.05) is 12.4 Å². The number of nitrogens with one attached hydrogen (secondary N) is 1. The number of carbonyl (C=O) groups excluding carboxylic acids is 2. The molecule has 0 aliphatic rings. The average molecular weight is 367 g/mol. The Hall–Kier alpha value is -2.57. The first-order chi connectivity index (χ1) is 12.5. The summed E-state index contributed by atoms with van der Waals surface area (Å²) in [7, 11) is 1.90. The van der Waals surface area contributed by atoms with Crippen molar-refractivity contribution in [3.63, 3.8) is 0 Å². The number of Topliss-reactive ketones (excluding diaryl/α,β-unsaturated/α-hetero) is 1. The highest BCUT2D eigenvalue weighted by molar-refractivity contribution is 7.18. The lowest BCUT2D eigenvalue weighted by Crippen LogP contribution is -2.39. The summed E-state index contributed by atoms with van der Waals surface area (Å²) in [4.78, 5) is 30.9. The Kier molecular flexibility index (Phi) is 5.44. The number of anilines is 1. The monoisotopic (exact) mass is 367 g/mol. The summed E-state index contributed by atoms with van der Waals surface area (Å²) in [6.45, 7) is 3.93. The lowest BCUT2D eigenvalue weighted by molar-refractivity contribution is -0.120. The van der Waals surface area contributed by atoms with Crippen molar-refractivity contribution in [3.05, 3.63) is 59.1 Å². The fraction of sp³-hybridized carbons (Fsp3) is 0.250. The number of benzene rings is 2. The number of carbonyl (C=O) groups is 2. The summed E-state index contributed by atoms with van der Waals surface area (Å²) in [5, 5.41) is 3.84. The minimum atomic E-state index is -0.359. The van der Waals surface area contributed by atoms with Crippen LogP contribution in [0.1, 0.15) is 29.2 Å². The number of hydrogen-bond acceptors (Lipinski definition) is 5. The van der Waals surface area contributed by atoms with Gasteiger partial charge in [-0.05, 0) is 45.2 Å². The molecule has 0 saturated carbocycles. The summed E-state index contributed by atoms with van der Waals surface area (Å²) in [6.07, 6.45) is 0. The highest BCUT2D eigenvalue weighted by atomic mass is 32.1. The summed E-state index contributed by atoms with van der Waals surface area (Å²) >= 11 is 1.64. The van der Waals surface area contributed by atoms with E-state index < -0.39 is 0 Å². The molecule has 0 bridgehead atoms. The second-order valence-corrected chi connectivity index (χ2v) is 7.37. The van der Waals surface area contributed by atoms with Gasteiger partial charge in [-0.2, -0.15) is 0 Å². The molecule has 3 aromatic rings. The first kappa shape index (κ1) is 18.2. The van der Waals surface area contributed by atoms with Gasteiger partial charge in [-0.3, -0.25) is 14.5 Å². The van der Waals surface area contributed by atoms with Gasteiger partial charge in [-0.1, -0.05) is 24.3 Å². The van der Waals surface area contributed by atoms with Crippen molar-refractivity contribution < 1.29 is 9.59 Å². The van der Waals surface area contributed by atoms with E-state index in [4.69, 9.17) is 0 Å². The van der Waals surface area contributed by atoms with E-state index in [0.717, 1.165) is 15.2 Å². The summed E-state index contributed by atoms with van der Waals surface area (Å²) in [5.74, 6) is -0.223. The van der Waals surface area contributed by atoms with Crippen molar-refractivity contribution in [1.29, 1.82) is 0 Å². The van der Waals surface area contributed by atoms with E-state index in [-0.39, 0.29) is 17.7 Å². The van der Waals surface area contributed by atoms with Gasteiger partial charge in [0.15, 0.2) is 5.78 Å². The first-order valence-electron chi connectivity index (χ1n) is 8.41. The fourth-order valence-corrected chi connectivity index (χ4v) is 3.71. The van der Waals surface area contributed by atoms with Crippen LogP contribution in [0.25, 0.3) is 10.2 Å². The van der Waals surface area contributed by atoms with Crippen molar-refractivity contribution >= 4 is 38.9 Å². The second-order valence-electron chi connectivity index (χ2n) is 6.26. The van der Waals surface area contributed by atoms with E-state index in [2.05, 4.69) is 10.3 Å². The van der Waals surface area contributed by atoms with Gasteiger partial charge >= 0.3 is 0 Å².